The van der Waals surface area contributed by atoms with E-state index in [1.54, 1.807) is 0 Å². The number of hydrogen-bond donors (Lipinski definition) is 2. The number of rotatable bonds is 8. The molecule has 1 saturated heterocycles. The van der Waals surface area contributed by atoms with E-state index in [0.29, 0.717) is 12.5 Å². The molecule has 1 saturated carbocycles. The Morgan fingerprint density at radius 3 is 2.61 bits per heavy atom. The summed E-state index contributed by atoms with van der Waals surface area (Å²) in [6.07, 6.45) is -0.353. The third-order valence-electron chi connectivity index (χ3n) is 4.76. The van der Waals surface area contributed by atoms with Gasteiger partial charge in [0.05, 0.1) is 25.2 Å². The maximum absolute atomic E-state index is 14.1. The number of hydrogen-bond acceptors (Lipinski definition) is 5. The van der Waals surface area contributed by atoms with Crippen molar-refractivity contribution in [2.75, 3.05) is 20.3 Å². The molecule has 7 nitrogen and oxygen atoms in total. The van der Waals surface area contributed by atoms with Gasteiger partial charge in [-0.15, -0.1) is 0 Å². The van der Waals surface area contributed by atoms with Crippen molar-refractivity contribution in [3.63, 3.8) is 0 Å². The van der Waals surface area contributed by atoms with Crippen molar-refractivity contribution in [1.82, 2.24) is 15.6 Å². The number of nitrogens with one attached hydrogen (secondary N) is 2. The van der Waals surface area contributed by atoms with Crippen molar-refractivity contribution in [1.29, 1.82) is 0 Å². The van der Waals surface area contributed by atoms with Crippen LogP contribution < -0.4 is 15.4 Å². The predicted molar refractivity (Wildman–Crippen MR) is 92.1 cm³/mol. The fourth-order valence-electron chi connectivity index (χ4n) is 2.89. The van der Waals surface area contributed by atoms with Crippen LogP contribution in [0.4, 0.5) is 13.2 Å². The Bertz CT molecular complexity index is 764. The predicted octanol–water partition coefficient (Wildman–Crippen LogP) is 1.92. The number of carbonyl (C=O) groups is 2. The van der Waals surface area contributed by atoms with Crippen LogP contribution in [0.1, 0.15) is 48.2 Å². The molecule has 0 aromatic carbocycles. The number of aromatic nitrogens is 1. The van der Waals surface area contributed by atoms with Gasteiger partial charge in [-0.2, -0.15) is 4.39 Å². The second-order valence-corrected chi connectivity index (χ2v) is 7.35. The molecule has 0 unspecified atom stereocenters. The topological polar surface area (TPSA) is 89.6 Å². The molecule has 2 N–H and O–H groups in total. The summed E-state index contributed by atoms with van der Waals surface area (Å²) in [4.78, 5) is 28.4. The zero-order valence-electron chi connectivity index (χ0n) is 15.6. The summed E-state index contributed by atoms with van der Waals surface area (Å²) in [7, 11) is 1.48. The van der Waals surface area contributed by atoms with E-state index < -0.39 is 23.7 Å². The smallest absolute Gasteiger partial charge is 0.306 e. The lowest BCUT2D eigenvalue weighted by Gasteiger charge is -2.41. The molecule has 2 fully saturated rings. The summed E-state index contributed by atoms with van der Waals surface area (Å²) >= 11 is 0. The highest BCUT2D eigenvalue weighted by Crippen LogP contribution is 2.45. The van der Waals surface area contributed by atoms with E-state index in [9.17, 15) is 22.8 Å². The lowest BCUT2D eigenvalue weighted by Crippen LogP contribution is -2.63. The third kappa shape index (κ3) is 4.37. The molecule has 0 radical (unpaired) electrons. The summed E-state index contributed by atoms with van der Waals surface area (Å²) in [6, 6.07) is 1.16. The van der Waals surface area contributed by atoms with Crippen LogP contribution in [0.3, 0.4) is 0 Å². The molecule has 1 aromatic rings. The Hall–Kier alpha value is -2.36. The monoisotopic (exact) mass is 401 g/mol. The Balaban J connectivity index is 1.80. The van der Waals surface area contributed by atoms with E-state index in [-0.39, 0.29) is 42.9 Å². The molecule has 28 heavy (non-hydrogen) atoms. The van der Waals surface area contributed by atoms with Gasteiger partial charge in [-0.05, 0) is 18.8 Å². The van der Waals surface area contributed by atoms with Crippen molar-refractivity contribution in [2.24, 2.45) is 0 Å². The van der Waals surface area contributed by atoms with E-state index >= 15 is 0 Å². The van der Waals surface area contributed by atoms with Crippen LogP contribution in [0.2, 0.25) is 0 Å². The summed E-state index contributed by atoms with van der Waals surface area (Å²) in [5, 5.41) is 5.18. The molecule has 2 aliphatic rings. The number of nitrogens with zero attached hydrogens (tertiary/aromatic N) is 1. The first-order valence-electron chi connectivity index (χ1n) is 8.93. The minimum absolute atomic E-state index is 0.0205. The molecule has 2 heterocycles. The number of carbonyl (C=O) groups excluding carboxylic acids is 2. The fraction of sp³-hybridized carbons (Fsp3) is 0.611. The summed E-state index contributed by atoms with van der Waals surface area (Å²) in [5.74, 6) is -4.17. The SMILES string of the molecule is CNC(=O)CC1(NC(=O)c2cc(O[C@@](C)(F)C(F)F)c(C3CC3)cn2)COC1. The second kappa shape index (κ2) is 7.57. The van der Waals surface area contributed by atoms with Gasteiger partial charge >= 0.3 is 12.3 Å². The first-order chi connectivity index (χ1) is 13.2. The number of alkyl halides is 3. The van der Waals surface area contributed by atoms with Crippen LogP contribution in [0, 0.1) is 0 Å². The zero-order chi connectivity index (χ0) is 20.5. The van der Waals surface area contributed by atoms with Crippen LogP contribution >= 0.6 is 0 Å². The second-order valence-electron chi connectivity index (χ2n) is 7.35. The third-order valence-corrected chi connectivity index (χ3v) is 4.76. The van der Waals surface area contributed by atoms with Gasteiger partial charge in [0.25, 0.3) is 5.91 Å². The highest BCUT2D eigenvalue weighted by molar-refractivity contribution is 5.94. The van der Waals surface area contributed by atoms with Gasteiger partial charge in [0.15, 0.2) is 0 Å². The van der Waals surface area contributed by atoms with Crippen molar-refractivity contribution in [3.05, 3.63) is 23.5 Å². The van der Waals surface area contributed by atoms with Gasteiger partial charge in [-0.3, -0.25) is 14.6 Å². The average Bonchev–Trinajstić information content (AvgIpc) is 3.43. The lowest BCUT2D eigenvalue weighted by atomic mass is 9.92. The van der Waals surface area contributed by atoms with Crippen LogP contribution in [-0.4, -0.2) is 54.9 Å². The molecule has 154 valence electrons. The minimum atomic E-state index is -3.35. The maximum Gasteiger partial charge on any atom is 0.306 e. The number of ether oxygens (including phenoxy) is 2. The van der Waals surface area contributed by atoms with E-state index in [1.165, 1.54) is 13.2 Å². The first-order valence-corrected chi connectivity index (χ1v) is 8.93. The Morgan fingerprint density at radius 1 is 1.43 bits per heavy atom. The number of amides is 2. The van der Waals surface area contributed by atoms with Crippen LogP contribution in [0.5, 0.6) is 5.75 Å². The van der Waals surface area contributed by atoms with E-state index in [2.05, 4.69) is 15.6 Å². The average molecular weight is 401 g/mol. The van der Waals surface area contributed by atoms with Crippen molar-refractivity contribution in [2.45, 2.75) is 49.9 Å². The summed E-state index contributed by atoms with van der Waals surface area (Å²) in [5.41, 5.74) is -0.493. The summed E-state index contributed by atoms with van der Waals surface area (Å²) < 4.78 is 49.9. The molecular weight excluding hydrogens is 379 g/mol. The minimum Gasteiger partial charge on any atom is -0.452 e. The highest BCUT2D eigenvalue weighted by Gasteiger charge is 2.43. The Kier molecular flexibility index (Phi) is 5.51. The number of pyridine rings is 1. The first kappa shape index (κ1) is 20.4. The van der Waals surface area contributed by atoms with Gasteiger partial charge in [0.2, 0.25) is 5.91 Å². The van der Waals surface area contributed by atoms with Gasteiger partial charge < -0.3 is 20.1 Å². The molecule has 1 aliphatic carbocycles. The highest BCUT2D eigenvalue weighted by atomic mass is 19.3. The van der Waals surface area contributed by atoms with Crippen molar-refractivity contribution < 1.29 is 32.2 Å². The van der Waals surface area contributed by atoms with Crippen LogP contribution in [0.25, 0.3) is 0 Å². The molecule has 2 amide bonds. The molecule has 10 heteroatoms. The maximum atomic E-state index is 14.1. The van der Waals surface area contributed by atoms with Gasteiger partial charge in [0, 0.05) is 31.8 Å². The standard InChI is InChI=1S/C18H22F3N3O4/c1-17(21,16(19)20)28-13-5-12(23-7-11(13)10-3-4-10)15(26)24-18(8-27-9-18)6-14(25)22-2/h5,7,10,16H,3-4,6,8-9H2,1-2H3,(H,22,25)(H,24,26)/t17-/m1/s1. The zero-order valence-corrected chi connectivity index (χ0v) is 15.6. The molecule has 3 rings (SSSR count). The summed E-state index contributed by atoms with van der Waals surface area (Å²) in [6.45, 7) is 0.950. The Labute approximate surface area is 160 Å². The fourth-order valence-corrected chi connectivity index (χ4v) is 2.89. The molecule has 0 bridgehead atoms. The molecule has 1 aliphatic heterocycles. The molecule has 0 spiro atoms. The van der Waals surface area contributed by atoms with E-state index in [0.717, 1.165) is 18.9 Å². The molecule has 1 atom stereocenters. The quantitative estimate of drug-likeness (QED) is 0.695. The normalized spacial score (nSPS) is 20.1. The molecule has 1 aromatic heterocycles. The van der Waals surface area contributed by atoms with Crippen LogP contribution in [-0.2, 0) is 9.53 Å². The van der Waals surface area contributed by atoms with Gasteiger partial charge in [0.1, 0.15) is 11.4 Å². The number of halogens is 3. The van der Waals surface area contributed by atoms with Crippen molar-refractivity contribution in [3.8, 4) is 5.75 Å². The van der Waals surface area contributed by atoms with E-state index in [4.69, 9.17) is 9.47 Å². The molecular formula is C18H22F3N3O4. The van der Waals surface area contributed by atoms with Crippen molar-refractivity contribution >= 4 is 11.8 Å². The largest absolute Gasteiger partial charge is 0.452 e. The van der Waals surface area contributed by atoms with E-state index in [1.807, 2.05) is 0 Å². The van der Waals surface area contributed by atoms with Crippen LogP contribution in [0.15, 0.2) is 12.3 Å². The van der Waals surface area contributed by atoms with Gasteiger partial charge in [-0.1, -0.05) is 0 Å². The van der Waals surface area contributed by atoms with Gasteiger partial charge in [-0.25, -0.2) is 8.78 Å². The lowest BCUT2D eigenvalue weighted by molar-refractivity contribution is -0.153. The Morgan fingerprint density at radius 2 is 2.11 bits per heavy atom.